The summed E-state index contributed by atoms with van der Waals surface area (Å²) in [5.74, 6) is -1.24. The van der Waals surface area contributed by atoms with Crippen LogP contribution in [0.15, 0.2) is 46.0 Å². The minimum atomic E-state index is -4.95. The summed E-state index contributed by atoms with van der Waals surface area (Å²) < 4.78 is 46.7. The second-order valence-corrected chi connectivity index (χ2v) is 7.05. The zero-order valence-corrected chi connectivity index (χ0v) is 16.9. The van der Waals surface area contributed by atoms with Crippen LogP contribution in [0.5, 0.6) is 11.5 Å². The molecule has 1 aliphatic rings. The molecule has 1 aromatic heterocycles. The minimum absolute atomic E-state index is 0.0509. The largest absolute Gasteiger partial charge is 0.449 e. The van der Waals surface area contributed by atoms with Crippen LogP contribution in [-0.4, -0.2) is 26.6 Å². The first-order chi connectivity index (χ1) is 14.6. The van der Waals surface area contributed by atoms with E-state index in [9.17, 15) is 23.1 Å². The average molecular weight is 453 g/mol. The van der Waals surface area contributed by atoms with Gasteiger partial charge in [0.15, 0.2) is 5.69 Å². The SMILES string of the molecule is CCC1=NC(O)CC=C1Cn1cnc(C(F)(F)F)c(Oc2cc(Cl)cc(C#N)c2)c1=O. The molecule has 1 aliphatic heterocycles. The van der Waals surface area contributed by atoms with Crippen LogP contribution in [-0.2, 0) is 12.7 Å². The molecule has 0 bridgehead atoms. The quantitative estimate of drug-likeness (QED) is 0.736. The van der Waals surface area contributed by atoms with Crippen LogP contribution in [0.3, 0.4) is 0 Å². The van der Waals surface area contributed by atoms with E-state index in [4.69, 9.17) is 21.6 Å². The lowest BCUT2D eigenvalue weighted by Crippen LogP contribution is -2.28. The number of alkyl halides is 3. The summed E-state index contributed by atoms with van der Waals surface area (Å²) in [6, 6.07) is 5.46. The van der Waals surface area contributed by atoms with Gasteiger partial charge in [0.1, 0.15) is 12.0 Å². The fourth-order valence-electron chi connectivity index (χ4n) is 3.02. The highest BCUT2D eigenvalue weighted by molar-refractivity contribution is 6.30. The third-order valence-electron chi connectivity index (χ3n) is 4.41. The molecule has 0 fully saturated rings. The van der Waals surface area contributed by atoms with Gasteiger partial charge < -0.3 is 9.84 Å². The molecule has 2 aromatic rings. The van der Waals surface area contributed by atoms with Crippen LogP contribution in [0.4, 0.5) is 13.2 Å². The first kappa shape index (κ1) is 22.5. The Morgan fingerprint density at radius 1 is 1.39 bits per heavy atom. The number of dihydropyridines is 1. The van der Waals surface area contributed by atoms with Gasteiger partial charge in [-0.25, -0.2) is 4.98 Å². The van der Waals surface area contributed by atoms with Gasteiger partial charge in [0.2, 0.25) is 5.75 Å². The first-order valence-corrected chi connectivity index (χ1v) is 9.49. The molecular weight excluding hydrogens is 437 g/mol. The van der Waals surface area contributed by atoms with Gasteiger partial charge in [-0.15, -0.1) is 0 Å². The van der Waals surface area contributed by atoms with Crippen LogP contribution >= 0.6 is 11.6 Å². The number of aromatic nitrogens is 2. The van der Waals surface area contributed by atoms with Crippen molar-refractivity contribution in [3.05, 3.63) is 62.8 Å². The lowest BCUT2D eigenvalue weighted by molar-refractivity contribution is -0.142. The Balaban J connectivity index is 2.06. The van der Waals surface area contributed by atoms with Crippen molar-refractivity contribution < 1.29 is 23.0 Å². The van der Waals surface area contributed by atoms with Crippen molar-refractivity contribution in [2.75, 3.05) is 0 Å². The smallest absolute Gasteiger partial charge is 0.437 e. The van der Waals surface area contributed by atoms with E-state index in [1.54, 1.807) is 13.0 Å². The number of nitrogens with zero attached hydrogens (tertiary/aromatic N) is 4. The first-order valence-electron chi connectivity index (χ1n) is 9.11. The summed E-state index contributed by atoms with van der Waals surface area (Å²) in [6.07, 6.45) is -2.68. The molecule has 1 atom stereocenters. The molecule has 7 nitrogen and oxygen atoms in total. The highest BCUT2D eigenvalue weighted by Crippen LogP contribution is 2.35. The third kappa shape index (κ3) is 5.13. The highest BCUT2D eigenvalue weighted by Gasteiger charge is 2.39. The Bertz CT molecular complexity index is 1170. The summed E-state index contributed by atoms with van der Waals surface area (Å²) in [5, 5.41) is 18.7. The summed E-state index contributed by atoms with van der Waals surface area (Å²) in [4.78, 5) is 20.4. The Labute approximate surface area is 179 Å². The van der Waals surface area contributed by atoms with Crippen LogP contribution in [0, 0.1) is 11.3 Å². The van der Waals surface area contributed by atoms with E-state index in [1.807, 2.05) is 6.07 Å². The fourth-order valence-corrected chi connectivity index (χ4v) is 3.24. The molecule has 0 spiro atoms. The highest BCUT2D eigenvalue weighted by atomic mass is 35.5. The van der Waals surface area contributed by atoms with Gasteiger partial charge in [0.05, 0.1) is 24.5 Å². The van der Waals surface area contributed by atoms with E-state index < -0.39 is 29.4 Å². The van der Waals surface area contributed by atoms with Crippen LogP contribution in [0.25, 0.3) is 0 Å². The predicted octanol–water partition coefficient (Wildman–Crippen LogP) is 4.08. The summed E-state index contributed by atoms with van der Waals surface area (Å²) >= 11 is 5.87. The standard InChI is InChI=1S/C20H16ClF3N4O3/c1-2-15-12(3-4-16(29)27-15)9-28-10-26-18(20(22,23)24)17(19(28)30)31-14-6-11(8-25)5-13(21)7-14/h3,5-7,10,16,29H,2,4,9H2,1H3. The number of hydrogen-bond acceptors (Lipinski definition) is 6. The maximum Gasteiger partial charge on any atom is 0.437 e. The predicted molar refractivity (Wildman–Crippen MR) is 106 cm³/mol. The summed E-state index contributed by atoms with van der Waals surface area (Å²) in [5.41, 5.74) is -1.37. The van der Waals surface area contributed by atoms with E-state index in [1.165, 1.54) is 12.1 Å². The number of aliphatic imine (C=N–C) groups is 1. The van der Waals surface area contributed by atoms with Crippen LogP contribution in [0.1, 0.15) is 31.0 Å². The van der Waals surface area contributed by atoms with Crippen LogP contribution in [0.2, 0.25) is 5.02 Å². The van der Waals surface area contributed by atoms with Gasteiger partial charge in [-0.3, -0.25) is 14.4 Å². The molecule has 11 heteroatoms. The van der Waals surface area contributed by atoms with Crippen molar-refractivity contribution in [3.63, 3.8) is 0 Å². The topological polar surface area (TPSA) is 100 Å². The molecule has 1 aromatic carbocycles. The Morgan fingerprint density at radius 2 is 2.13 bits per heavy atom. The molecule has 0 radical (unpaired) electrons. The molecule has 31 heavy (non-hydrogen) atoms. The second kappa shape index (κ2) is 8.91. The molecule has 0 aliphatic carbocycles. The lowest BCUT2D eigenvalue weighted by Gasteiger charge is -2.19. The maximum atomic E-state index is 13.5. The Hall–Kier alpha value is -3.16. The summed E-state index contributed by atoms with van der Waals surface area (Å²) in [6.45, 7) is 1.71. The molecule has 1 unspecified atom stereocenters. The second-order valence-electron chi connectivity index (χ2n) is 6.62. The van der Waals surface area contributed by atoms with E-state index in [-0.39, 0.29) is 29.3 Å². The zero-order chi connectivity index (χ0) is 22.8. The minimum Gasteiger partial charge on any atom is -0.449 e. The lowest BCUT2D eigenvalue weighted by atomic mass is 10.0. The number of aliphatic hydroxyl groups is 1. The van der Waals surface area contributed by atoms with E-state index in [0.717, 1.165) is 17.0 Å². The van der Waals surface area contributed by atoms with E-state index in [2.05, 4.69) is 9.98 Å². The van der Waals surface area contributed by atoms with Gasteiger partial charge in [-0.2, -0.15) is 18.4 Å². The van der Waals surface area contributed by atoms with Crippen molar-refractivity contribution in [1.29, 1.82) is 5.26 Å². The van der Waals surface area contributed by atoms with E-state index in [0.29, 0.717) is 17.7 Å². The third-order valence-corrected chi connectivity index (χ3v) is 4.63. The van der Waals surface area contributed by atoms with Gasteiger partial charge in [0.25, 0.3) is 5.56 Å². The number of allylic oxidation sites excluding steroid dienone is 1. The van der Waals surface area contributed by atoms with Crippen LogP contribution < -0.4 is 10.3 Å². The van der Waals surface area contributed by atoms with Crippen molar-refractivity contribution in [2.24, 2.45) is 4.99 Å². The maximum absolute atomic E-state index is 13.5. The van der Waals surface area contributed by atoms with Gasteiger partial charge in [0, 0.05) is 17.2 Å². The number of ether oxygens (including phenoxy) is 1. The van der Waals surface area contributed by atoms with Gasteiger partial charge in [-0.05, 0) is 30.2 Å². The van der Waals surface area contributed by atoms with E-state index >= 15 is 0 Å². The number of nitriles is 1. The molecular formula is C20H16ClF3N4O3. The van der Waals surface area contributed by atoms with Crippen molar-refractivity contribution >= 4 is 17.3 Å². The number of halogens is 4. The van der Waals surface area contributed by atoms with Gasteiger partial charge in [-0.1, -0.05) is 24.6 Å². The zero-order valence-electron chi connectivity index (χ0n) is 16.1. The number of rotatable bonds is 5. The summed E-state index contributed by atoms with van der Waals surface area (Å²) in [7, 11) is 0. The molecule has 2 heterocycles. The normalized spacial score (nSPS) is 16.4. The number of hydrogen-bond donors (Lipinski definition) is 1. The molecule has 1 N–H and O–H groups in total. The average Bonchev–Trinajstić information content (AvgIpc) is 2.70. The molecule has 3 rings (SSSR count). The number of benzene rings is 1. The fraction of sp³-hybridized carbons (Fsp3) is 0.300. The molecule has 0 saturated carbocycles. The van der Waals surface area contributed by atoms with Crippen molar-refractivity contribution in [2.45, 2.75) is 38.7 Å². The van der Waals surface area contributed by atoms with Crippen molar-refractivity contribution in [3.8, 4) is 17.6 Å². The molecule has 0 amide bonds. The number of aliphatic hydroxyl groups excluding tert-OH is 1. The van der Waals surface area contributed by atoms with Gasteiger partial charge >= 0.3 is 6.18 Å². The molecule has 0 saturated heterocycles. The Morgan fingerprint density at radius 3 is 2.77 bits per heavy atom. The monoisotopic (exact) mass is 452 g/mol. The van der Waals surface area contributed by atoms with Crippen molar-refractivity contribution in [1.82, 2.24) is 9.55 Å². The molecule has 162 valence electrons. The Kier molecular flexibility index (Phi) is 6.48.